The molecule has 0 aliphatic carbocycles. The van der Waals surface area contributed by atoms with Crippen molar-refractivity contribution in [3.8, 4) is 11.5 Å². The van der Waals surface area contributed by atoms with Crippen LogP contribution in [0.5, 0.6) is 11.5 Å². The minimum absolute atomic E-state index is 0.00710. The Hall–Kier alpha value is -3.75. The summed E-state index contributed by atoms with van der Waals surface area (Å²) >= 11 is 0. The van der Waals surface area contributed by atoms with Crippen molar-refractivity contribution in [3.63, 3.8) is 0 Å². The number of ether oxygens (including phenoxy) is 2. The van der Waals surface area contributed by atoms with Crippen molar-refractivity contribution < 1.29 is 33.4 Å². The van der Waals surface area contributed by atoms with Gasteiger partial charge in [-0.1, -0.05) is 6.07 Å². The number of hydrogen-bond donors (Lipinski definition) is 2. The Labute approximate surface area is 153 Å². The van der Waals surface area contributed by atoms with Gasteiger partial charge >= 0.3 is 0 Å². The highest BCUT2D eigenvalue weighted by atomic mass is 16.7. The van der Waals surface area contributed by atoms with Gasteiger partial charge in [0.15, 0.2) is 17.3 Å². The zero-order valence-corrected chi connectivity index (χ0v) is 14.2. The number of nitrogens with one attached hydrogen (secondary N) is 2. The van der Waals surface area contributed by atoms with E-state index in [1.165, 1.54) is 31.4 Å². The highest BCUT2D eigenvalue weighted by Crippen LogP contribution is 2.33. The van der Waals surface area contributed by atoms with Gasteiger partial charge in [0.2, 0.25) is 6.79 Å². The number of rotatable bonds is 6. The van der Waals surface area contributed by atoms with Crippen LogP contribution >= 0.6 is 0 Å². The van der Waals surface area contributed by atoms with E-state index in [-0.39, 0.29) is 18.3 Å². The van der Waals surface area contributed by atoms with Gasteiger partial charge in [0.25, 0.3) is 11.8 Å². The second-order valence-electron chi connectivity index (χ2n) is 5.62. The van der Waals surface area contributed by atoms with E-state index in [1.807, 2.05) is 0 Å². The summed E-state index contributed by atoms with van der Waals surface area (Å²) in [6, 6.07) is 6.63. The number of carboxylic acid groups (broad SMARTS) is 1. The summed E-state index contributed by atoms with van der Waals surface area (Å²) in [6.07, 6.45) is 2.69. The van der Waals surface area contributed by atoms with Crippen LogP contribution in [0.1, 0.15) is 23.0 Å². The van der Waals surface area contributed by atoms with Crippen molar-refractivity contribution in [1.29, 1.82) is 0 Å². The lowest BCUT2D eigenvalue weighted by Crippen LogP contribution is -2.48. The molecule has 0 spiro atoms. The molecule has 1 aliphatic heterocycles. The van der Waals surface area contributed by atoms with Gasteiger partial charge in [-0.25, -0.2) is 0 Å². The van der Waals surface area contributed by atoms with Crippen LogP contribution in [-0.2, 0) is 9.59 Å². The Balaban J connectivity index is 1.87. The minimum atomic E-state index is -1.46. The Morgan fingerprint density at radius 3 is 2.67 bits per heavy atom. The summed E-state index contributed by atoms with van der Waals surface area (Å²) < 4.78 is 15.5. The molecule has 0 saturated carbocycles. The van der Waals surface area contributed by atoms with Crippen molar-refractivity contribution in [2.24, 2.45) is 0 Å². The fourth-order valence-electron chi connectivity index (χ4n) is 2.25. The van der Waals surface area contributed by atoms with Crippen LogP contribution in [0, 0.1) is 0 Å². The van der Waals surface area contributed by atoms with E-state index in [0.29, 0.717) is 17.1 Å². The van der Waals surface area contributed by atoms with Crippen molar-refractivity contribution in [1.82, 2.24) is 10.6 Å². The third-order valence-electron chi connectivity index (χ3n) is 3.65. The maximum atomic E-state index is 12.4. The largest absolute Gasteiger partial charge is 0.548 e. The number of carboxylic acids is 1. The second kappa shape index (κ2) is 7.65. The molecule has 3 rings (SSSR count). The van der Waals surface area contributed by atoms with Gasteiger partial charge in [-0.2, -0.15) is 0 Å². The maximum absolute atomic E-state index is 12.4. The molecule has 2 heterocycles. The zero-order valence-electron chi connectivity index (χ0n) is 14.2. The second-order valence-corrected chi connectivity index (χ2v) is 5.62. The number of hydrogen-bond acceptors (Lipinski definition) is 7. The first-order valence-electron chi connectivity index (χ1n) is 7.92. The third-order valence-corrected chi connectivity index (χ3v) is 3.65. The monoisotopic (exact) mass is 371 g/mol. The predicted molar refractivity (Wildman–Crippen MR) is 89.3 cm³/mol. The lowest BCUT2D eigenvalue weighted by molar-refractivity contribution is -0.307. The zero-order chi connectivity index (χ0) is 19.4. The first-order chi connectivity index (χ1) is 12.9. The molecule has 0 fully saturated rings. The topological polar surface area (TPSA) is 130 Å². The highest BCUT2D eigenvalue weighted by Gasteiger charge is 2.19. The number of benzene rings is 1. The normalized spacial score (nSPS) is 13.7. The summed E-state index contributed by atoms with van der Waals surface area (Å²) in [5, 5.41) is 15.5. The summed E-state index contributed by atoms with van der Waals surface area (Å²) in [4.78, 5) is 35.5. The van der Waals surface area contributed by atoms with E-state index in [4.69, 9.17) is 13.9 Å². The quantitative estimate of drug-likeness (QED) is 0.685. The van der Waals surface area contributed by atoms with Crippen LogP contribution in [0.25, 0.3) is 6.08 Å². The average molecular weight is 371 g/mol. The van der Waals surface area contributed by atoms with Crippen molar-refractivity contribution in [2.75, 3.05) is 6.79 Å². The maximum Gasteiger partial charge on any atom is 0.291 e. The molecule has 1 aromatic heterocycles. The van der Waals surface area contributed by atoms with Gasteiger partial charge < -0.3 is 34.4 Å². The molecule has 1 aromatic carbocycles. The van der Waals surface area contributed by atoms with Crippen molar-refractivity contribution in [3.05, 3.63) is 53.6 Å². The molecule has 2 N–H and O–H groups in total. The van der Waals surface area contributed by atoms with Gasteiger partial charge in [-0.15, -0.1) is 0 Å². The van der Waals surface area contributed by atoms with E-state index in [9.17, 15) is 19.5 Å². The molecular weight excluding hydrogens is 356 g/mol. The van der Waals surface area contributed by atoms with Crippen molar-refractivity contribution >= 4 is 23.9 Å². The number of fused-ring (bicyclic) bond motifs is 1. The van der Waals surface area contributed by atoms with Crippen LogP contribution < -0.4 is 25.2 Å². The lowest BCUT2D eigenvalue weighted by atomic mass is 10.1. The van der Waals surface area contributed by atoms with E-state index in [1.54, 1.807) is 18.2 Å². The number of amides is 2. The van der Waals surface area contributed by atoms with Gasteiger partial charge in [0.1, 0.15) is 5.70 Å². The predicted octanol–water partition coefficient (Wildman–Crippen LogP) is 0.0338. The number of carbonyl (C=O) groups is 3. The van der Waals surface area contributed by atoms with Crippen LogP contribution in [-0.4, -0.2) is 30.6 Å². The highest BCUT2D eigenvalue weighted by molar-refractivity contribution is 6.05. The molecule has 0 unspecified atom stereocenters. The number of aliphatic carboxylic acids is 1. The molecule has 1 aliphatic rings. The summed E-state index contributed by atoms with van der Waals surface area (Å²) in [5.41, 5.74) is 0.355. The van der Waals surface area contributed by atoms with E-state index < -0.39 is 23.8 Å². The Bertz CT molecular complexity index is 902. The average Bonchev–Trinajstić information content (AvgIpc) is 3.32. The van der Waals surface area contributed by atoms with Gasteiger partial charge in [0.05, 0.1) is 18.3 Å². The first-order valence-corrected chi connectivity index (χ1v) is 7.92. The van der Waals surface area contributed by atoms with Gasteiger partial charge in [-0.05, 0) is 42.8 Å². The molecular formula is C18H15N2O7-. The lowest BCUT2D eigenvalue weighted by Gasteiger charge is -2.16. The van der Waals surface area contributed by atoms with E-state index >= 15 is 0 Å². The van der Waals surface area contributed by atoms with Crippen LogP contribution in [0.4, 0.5) is 0 Å². The molecule has 140 valence electrons. The molecule has 27 heavy (non-hydrogen) atoms. The van der Waals surface area contributed by atoms with Gasteiger partial charge in [0, 0.05) is 0 Å². The first kappa shape index (κ1) is 18.1. The number of furan rings is 1. The molecule has 9 nitrogen and oxygen atoms in total. The van der Waals surface area contributed by atoms with E-state index in [2.05, 4.69) is 10.6 Å². The minimum Gasteiger partial charge on any atom is -0.548 e. The molecule has 0 bridgehead atoms. The van der Waals surface area contributed by atoms with Crippen LogP contribution in [0.2, 0.25) is 0 Å². The van der Waals surface area contributed by atoms with Crippen LogP contribution in [0.3, 0.4) is 0 Å². The fraction of sp³-hybridized carbons (Fsp3) is 0.167. The van der Waals surface area contributed by atoms with Crippen LogP contribution in [0.15, 0.2) is 46.7 Å². The Morgan fingerprint density at radius 1 is 1.19 bits per heavy atom. The molecule has 0 saturated heterocycles. The molecule has 2 amide bonds. The summed E-state index contributed by atoms with van der Waals surface area (Å²) in [7, 11) is 0. The summed E-state index contributed by atoms with van der Waals surface area (Å²) in [6.45, 7) is 1.34. The molecule has 9 heteroatoms. The summed E-state index contributed by atoms with van der Waals surface area (Å²) in [5.74, 6) is -1.88. The van der Waals surface area contributed by atoms with Gasteiger partial charge in [-0.3, -0.25) is 9.59 Å². The smallest absolute Gasteiger partial charge is 0.291 e. The van der Waals surface area contributed by atoms with E-state index in [0.717, 1.165) is 0 Å². The molecule has 0 radical (unpaired) electrons. The SMILES string of the molecule is C[C@@H](NC(=O)/C(=C/c1ccc2c(c1)OCO2)NC(=O)c1ccco1)C(=O)[O-]. The number of carbonyl (C=O) groups excluding carboxylic acids is 3. The molecule has 2 aromatic rings. The third kappa shape index (κ3) is 4.27. The van der Waals surface area contributed by atoms with Crippen molar-refractivity contribution in [2.45, 2.75) is 13.0 Å². The Morgan fingerprint density at radius 2 is 1.96 bits per heavy atom. The molecule has 1 atom stereocenters. The Kier molecular flexibility index (Phi) is 5.11. The fourth-order valence-corrected chi connectivity index (χ4v) is 2.25. The standard InChI is InChI=1S/C18H16N2O7/c1-10(18(23)24)19-16(21)12(20-17(22)14-3-2-6-25-14)7-11-4-5-13-15(8-11)27-9-26-13/h2-8,10H,9H2,1H3,(H,19,21)(H,20,22)(H,23,24)/p-1/b12-7-/t10-/m1/s1.